The van der Waals surface area contributed by atoms with Gasteiger partial charge in [-0.15, -0.1) is 0 Å². The van der Waals surface area contributed by atoms with E-state index in [1.165, 1.54) is 25.3 Å². The van der Waals surface area contributed by atoms with Crippen LogP contribution in [0.4, 0.5) is 0 Å². The quantitative estimate of drug-likeness (QED) is 0.269. The van der Waals surface area contributed by atoms with Gasteiger partial charge in [-0.2, -0.15) is 8.42 Å². The van der Waals surface area contributed by atoms with Crippen molar-refractivity contribution in [3.63, 3.8) is 0 Å². The van der Waals surface area contributed by atoms with Crippen molar-refractivity contribution < 1.29 is 37.0 Å². The van der Waals surface area contributed by atoms with E-state index in [0.717, 1.165) is 11.8 Å². The highest BCUT2D eigenvalue weighted by Gasteiger charge is 2.27. The van der Waals surface area contributed by atoms with Gasteiger partial charge in [0.1, 0.15) is 18.1 Å². The van der Waals surface area contributed by atoms with Crippen molar-refractivity contribution >= 4 is 10.1 Å². The van der Waals surface area contributed by atoms with Gasteiger partial charge in [-0.25, -0.2) is 0 Å². The SMILES string of the molecule is CCOc1c(-c2ccc(O)cc2)cc(OC)c(-c2ccc(OCC=C(C)C)c(O)c2)c1OS(C)(=O)=O. The van der Waals surface area contributed by atoms with Crippen molar-refractivity contribution in [1.29, 1.82) is 0 Å². The van der Waals surface area contributed by atoms with Crippen LogP contribution in [0.3, 0.4) is 0 Å². The van der Waals surface area contributed by atoms with E-state index in [9.17, 15) is 18.6 Å². The first-order chi connectivity index (χ1) is 17.0. The Morgan fingerprint density at radius 2 is 1.58 bits per heavy atom. The van der Waals surface area contributed by atoms with E-state index in [1.54, 1.807) is 37.3 Å². The molecule has 0 saturated carbocycles. The Hall–Kier alpha value is -3.85. The molecule has 0 fully saturated rings. The lowest BCUT2D eigenvalue weighted by Gasteiger charge is -2.21. The topological polar surface area (TPSA) is 112 Å². The minimum absolute atomic E-state index is 0.0790. The lowest BCUT2D eigenvalue weighted by molar-refractivity contribution is 0.328. The van der Waals surface area contributed by atoms with E-state index in [1.807, 2.05) is 19.9 Å². The van der Waals surface area contributed by atoms with Crippen molar-refractivity contribution in [2.45, 2.75) is 20.8 Å². The Morgan fingerprint density at radius 3 is 2.14 bits per heavy atom. The zero-order chi connectivity index (χ0) is 26.5. The third kappa shape index (κ3) is 6.42. The van der Waals surface area contributed by atoms with Crippen LogP contribution in [0.1, 0.15) is 20.8 Å². The van der Waals surface area contributed by atoms with E-state index in [-0.39, 0.29) is 53.3 Å². The lowest BCUT2D eigenvalue weighted by Crippen LogP contribution is -2.10. The monoisotopic (exact) mass is 514 g/mol. The molecule has 0 bridgehead atoms. The van der Waals surface area contributed by atoms with Gasteiger partial charge in [0.25, 0.3) is 0 Å². The van der Waals surface area contributed by atoms with Crippen molar-refractivity contribution in [1.82, 2.24) is 0 Å². The molecule has 0 aliphatic heterocycles. The minimum Gasteiger partial charge on any atom is -0.508 e. The smallest absolute Gasteiger partial charge is 0.306 e. The summed E-state index contributed by atoms with van der Waals surface area (Å²) >= 11 is 0. The fourth-order valence-corrected chi connectivity index (χ4v) is 3.98. The molecule has 0 amide bonds. The summed E-state index contributed by atoms with van der Waals surface area (Å²) in [5.74, 6) is 0.592. The first-order valence-corrected chi connectivity index (χ1v) is 13.0. The highest BCUT2D eigenvalue weighted by Crippen LogP contribution is 2.51. The third-order valence-corrected chi connectivity index (χ3v) is 5.57. The number of phenols is 2. The van der Waals surface area contributed by atoms with Crippen molar-refractivity contribution in [3.8, 4) is 56.8 Å². The first kappa shape index (κ1) is 26.7. The van der Waals surface area contributed by atoms with Gasteiger partial charge in [-0.05, 0) is 68.3 Å². The zero-order valence-corrected chi connectivity index (χ0v) is 21.7. The molecule has 0 aliphatic rings. The van der Waals surface area contributed by atoms with Gasteiger partial charge in [-0.3, -0.25) is 0 Å². The van der Waals surface area contributed by atoms with Crippen LogP contribution < -0.4 is 18.4 Å². The van der Waals surface area contributed by atoms with Crippen LogP contribution in [0.25, 0.3) is 22.3 Å². The number of phenolic OH excluding ortho intramolecular Hbond substituents is 2. The number of rotatable bonds is 10. The maximum absolute atomic E-state index is 12.3. The minimum atomic E-state index is -3.99. The van der Waals surface area contributed by atoms with Gasteiger partial charge >= 0.3 is 10.1 Å². The number of aromatic hydroxyl groups is 2. The Kier molecular flexibility index (Phi) is 8.37. The fraction of sp³-hybridized carbons (Fsp3) is 0.259. The van der Waals surface area contributed by atoms with Crippen LogP contribution in [-0.4, -0.2) is 45.2 Å². The molecule has 3 aromatic carbocycles. The highest BCUT2D eigenvalue weighted by atomic mass is 32.2. The summed E-state index contributed by atoms with van der Waals surface area (Å²) in [6, 6.07) is 12.7. The first-order valence-electron chi connectivity index (χ1n) is 11.2. The van der Waals surface area contributed by atoms with Crippen LogP contribution in [-0.2, 0) is 10.1 Å². The second-order valence-electron chi connectivity index (χ2n) is 8.20. The van der Waals surface area contributed by atoms with Gasteiger partial charge in [0.15, 0.2) is 23.0 Å². The molecule has 9 heteroatoms. The molecule has 3 aromatic rings. The maximum atomic E-state index is 12.3. The molecule has 8 nitrogen and oxygen atoms in total. The van der Waals surface area contributed by atoms with Crippen LogP contribution >= 0.6 is 0 Å². The molecule has 0 aliphatic carbocycles. The highest BCUT2D eigenvalue weighted by molar-refractivity contribution is 7.86. The van der Waals surface area contributed by atoms with E-state index < -0.39 is 10.1 Å². The number of hydrogen-bond acceptors (Lipinski definition) is 8. The third-order valence-electron chi connectivity index (χ3n) is 5.10. The largest absolute Gasteiger partial charge is 0.508 e. The Labute approximate surface area is 211 Å². The van der Waals surface area contributed by atoms with E-state index in [2.05, 4.69) is 0 Å². The number of hydrogen-bond donors (Lipinski definition) is 2. The Balaban J connectivity index is 2.27. The van der Waals surface area contributed by atoms with Crippen LogP contribution in [0, 0.1) is 0 Å². The molecular weight excluding hydrogens is 484 g/mol. The molecular formula is C27H30O8S. The summed E-state index contributed by atoms with van der Waals surface area (Å²) < 4.78 is 47.2. The molecule has 36 heavy (non-hydrogen) atoms. The molecule has 2 N–H and O–H groups in total. The molecule has 192 valence electrons. The van der Waals surface area contributed by atoms with Crippen molar-refractivity contribution in [2.75, 3.05) is 26.6 Å². The Bertz CT molecular complexity index is 1360. The van der Waals surface area contributed by atoms with Gasteiger partial charge < -0.3 is 28.6 Å². The number of allylic oxidation sites excluding steroid dienone is 1. The molecule has 0 saturated heterocycles. The molecule has 0 aromatic heterocycles. The zero-order valence-electron chi connectivity index (χ0n) is 20.9. The molecule has 3 rings (SSSR count). The number of ether oxygens (including phenoxy) is 3. The predicted molar refractivity (Wildman–Crippen MR) is 139 cm³/mol. The van der Waals surface area contributed by atoms with E-state index in [0.29, 0.717) is 16.7 Å². The summed E-state index contributed by atoms with van der Waals surface area (Å²) in [5, 5.41) is 20.3. The predicted octanol–water partition coefficient (Wildman–Crippen LogP) is 5.52. The summed E-state index contributed by atoms with van der Waals surface area (Å²) in [4.78, 5) is 0. The summed E-state index contributed by atoms with van der Waals surface area (Å²) in [6.45, 7) is 6.16. The van der Waals surface area contributed by atoms with Crippen molar-refractivity contribution in [2.24, 2.45) is 0 Å². The number of methoxy groups -OCH3 is 1. The van der Waals surface area contributed by atoms with Crippen LogP contribution in [0.2, 0.25) is 0 Å². The van der Waals surface area contributed by atoms with E-state index in [4.69, 9.17) is 18.4 Å². The standard InChI is InChI=1S/C27H30O8S/c1-6-33-26-21(18-7-10-20(28)11-8-18)16-24(32-4)25(27(26)35-36(5,30)31)19-9-12-23(22(29)15-19)34-14-13-17(2)3/h7-13,15-16,28-29H,6,14H2,1-5H3. The Morgan fingerprint density at radius 1 is 0.917 bits per heavy atom. The summed E-state index contributed by atoms with van der Waals surface area (Å²) in [7, 11) is -2.54. The lowest BCUT2D eigenvalue weighted by atomic mass is 9.96. The van der Waals surface area contributed by atoms with Crippen molar-refractivity contribution in [3.05, 3.63) is 60.2 Å². The van der Waals surface area contributed by atoms with Gasteiger partial charge in [-0.1, -0.05) is 23.8 Å². The van der Waals surface area contributed by atoms with Crippen LogP contribution in [0.5, 0.6) is 34.5 Å². The second kappa shape index (κ2) is 11.3. The van der Waals surface area contributed by atoms with Gasteiger partial charge in [0, 0.05) is 5.56 Å². The van der Waals surface area contributed by atoms with E-state index >= 15 is 0 Å². The molecule has 0 spiro atoms. The molecule has 0 atom stereocenters. The average Bonchev–Trinajstić information content (AvgIpc) is 2.80. The molecule has 0 unspecified atom stereocenters. The summed E-state index contributed by atoms with van der Waals surface area (Å²) in [6.07, 6.45) is 2.81. The fourth-order valence-electron chi connectivity index (χ4n) is 3.52. The molecule has 0 radical (unpaired) electrons. The number of benzene rings is 3. The molecule has 0 heterocycles. The second-order valence-corrected chi connectivity index (χ2v) is 9.78. The average molecular weight is 515 g/mol. The summed E-state index contributed by atoms with van der Waals surface area (Å²) in [5.41, 5.74) is 2.93. The van der Waals surface area contributed by atoms with Crippen LogP contribution in [0.15, 0.2) is 60.2 Å². The normalized spacial score (nSPS) is 11.0. The van der Waals surface area contributed by atoms with Gasteiger partial charge in [0.2, 0.25) is 0 Å². The van der Waals surface area contributed by atoms with Gasteiger partial charge in [0.05, 0.1) is 25.5 Å². The maximum Gasteiger partial charge on any atom is 0.306 e.